The molecule has 10 aromatic rings. The molecule has 0 unspecified atom stereocenters. The molecule has 7 heteroatoms. The number of fused-ring (bicyclic) bond motifs is 3. The maximum absolute atomic E-state index is 5.55. The fraction of sp³-hybridized carbons (Fsp3) is 0.0408. The lowest BCUT2D eigenvalue weighted by molar-refractivity contribution is -0.670. The predicted octanol–water partition coefficient (Wildman–Crippen LogP) is 8.14. The quantitative estimate of drug-likeness (QED) is 0.118. The van der Waals surface area contributed by atoms with Crippen LogP contribution >= 0.6 is 0 Å². The number of benzene rings is 6. The van der Waals surface area contributed by atoms with E-state index in [2.05, 4.69) is 215 Å². The van der Waals surface area contributed by atoms with E-state index < -0.39 is 0 Å². The molecule has 0 amide bonds. The van der Waals surface area contributed by atoms with Crippen molar-refractivity contribution in [3.63, 3.8) is 0 Å². The molecule has 6 nitrogen and oxygen atoms in total. The van der Waals surface area contributed by atoms with E-state index in [-0.39, 0.29) is 6.71 Å². The minimum absolute atomic E-state index is 0.219. The van der Waals surface area contributed by atoms with Crippen LogP contribution in [0.4, 0.5) is 0 Å². The summed E-state index contributed by atoms with van der Waals surface area (Å²) in [6, 6.07) is 60.6. The van der Waals surface area contributed by atoms with Crippen molar-refractivity contribution < 1.29 is 4.57 Å². The van der Waals surface area contributed by atoms with Crippen molar-refractivity contribution in [2.24, 2.45) is 7.05 Å². The van der Waals surface area contributed by atoms with Crippen LogP contribution in [-0.4, -0.2) is 30.6 Å². The van der Waals surface area contributed by atoms with E-state index in [9.17, 15) is 0 Å². The Labute approximate surface area is 326 Å². The molecule has 0 spiro atoms. The molecule has 0 aliphatic rings. The summed E-state index contributed by atoms with van der Waals surface area (Å²) >= 11 is 0. The molecule has 0 fully saturated rings. The summed E-state index contributed by atoms with van der Waals surface area (Å²) in [5.74, 6) is 0.888. The lowest BCUT2D eigenvalue weighted by Gasteiger charge is -2.20. The number of nitrogens with zero attached hydrogens (tertiary/aromatic N) is 6. The van der Waals surface area contributed by atoms with Crippen molar-refractivity contribution in [2.45, 2.75) is 6.92 Å². The van der Waals surface area contributed by atoms with Crippen LogP contribution in [0.25, 0.3) is 61.5 Å². The molecule has 0 saturated heterocycles. The van der Waals surface area contributed by atoms with Crippen LogP contribution in [-0.2, 0) is 7.05 Å². The van der Waals surface area contributed by atoms with Gasteiger partial charge < -0.3 is 0 Å². The summed E-state index contributed by atoms with van der Waals surface area (Å²) in [5, 5.41) is 7.95. The number of imidazole rings is 1. The lowest BCUT2D eigenvalue weighted by Crippen LogP contribution is -2.53. The summed E-state index contributed by atoms with van der Waals surface area (Å²) in [7, 11) is 2.05. The first kappa shape index (κ1) is 33.3. The van der Waals surface area contributed by atoms with Gasteiger partial charge in [0.25, 0.3) is 0 Å². The number of pyridine rings is 1. The topological polar surface area (TPSA) is 44.5 Å². The van der Waals surface area contributed by atoms with Crippen molar-refractivity contribution in [1.29, 1.82) is 0 Å². The molecule has 0 atom stereocenters. The van der Waals surface area contributed by atoms with E-state index in [1.807, 2.05) is 12.3 Å². The van der Waals surface area contributed by atoms with Crippen molar-refractivity contribution in [3.8, 4) is 39.7 Å². The van der Waals surface area contributed by atoms with Crippen molar-refractivity contribution in [3.05, 3.63) is 200 Å². The molecule has 6 aromatic carbocycles. The second kappa shape index (κ2) is 13.9. The van der Waals surface area contributed by atoms with Crippen LogP contribution < -0.4 is 21.0 Å². The Morgan fingerprint density at radius 2 is 1.30 bits per heavy atom. The Balaban J connectivity index is 1.33. The van der Waals surface area contributed by atoms with Gasteiger partial charge in [0, 0.05) is 22.5 Å². The Bertz CT molecular complexity index is 2980. The highest BCUT2D eigenvalue weighted by Gasteiger charge is 2.34. The summed E-state index contributed by atoms with van der Waals surface area (Å²) in [6.07, 6.45) is 8.15. The van der Waals surface area contributed by atoms with E-state index >= 15 is 0 Å². The molecule has 4 aromatic heterocycles. The summed E-state index contributed by atoms with van der Waals surface area (Å²) < 4.78 is 8.70. The smallest absolute Gasteiger partial charge is 0.248 e. The van der Waals surface area contributed by atoms with Crippen LogP contribution in [0.3, 0.4) is 0 Å². The zero-order valence-corrected chi connectivity index (χ0v) is 31.2. The van der Waals surface area contributed by atoms with E-state index in [1.165, 1.54) is 16.3 Å². The molecule has 0 saturated carbocycles. The first-order valence-electron chi connectivity index (χ1n) is 19.0. The van der Waals surface area contributed by atoms with Crippen LogP contribution in [0, 0.1) is 6.92 Å². The standard InChI is InChI=1S/C49H38BN6/c1-35-24-27-44-43(31-35)42-26-25-39(33-45(42)55(44)46-23-12-13-28-51-46)50(38-19-14-22-41(32-38)54-30-29-53(2)34-54)47-48(36-15-6-3-7-16-36)52-56(40-20-10-5-11-21-40)49(47)37-17-8-4-9-18-37/h3-34H,1-2H3/q+1. The van der Waals surface area contributed by atoms with Gasteiger partial charge in [-0.15, -0.1) is 0 Å². The number of para-hydroxylation sites is 1. The average molecular weight is 722 g/mol. The van der Waals surface area contributed by atoms with Crippen molar-refractivity contribution >= 4 is 44.9 Å². The van der Waals surface area contributed by atoms with Crippen molar-refractivity contribution in [2.75, 3.05) is 0 Å². The first-order chi connectivity index (χ1) is 27.6. The van der Waals surface area contributed by atoms with Gasteiger partial charge in [-0.3, -0.25) is 4.57 Å². The van der Waals surface area contributed by atoms with E-state index in [0.29, 0.717) is 0 Å². The van der Waals surface area contributed by atoms with Crippen LogP contribution in [0.5, 0.6) is 0 Å². The Kier molecular flexibility index (Phi) is 8.26. The largest absolute Gasteiger partial charge is 0.294 e. The van der Waals surface area contributed by atoms with Crippen LogP contribution in [0.2, 0.25) is 0 Å². The fourth-order valence-corrected chi connectivity index (χ4v) is 8.20. The minimum atomic E-state index is -0.219. The molecule has 10 rings (SSSR count). The molecule has 266 valence electrons. The van der Waals surface area contributed by atoms with E-state index in [4.69, 9.17) is 10.1 Å². The highest BCUT2D eigenvalue weighted by atomic mass is 15.3. The zero-order chi connectivity index (χ0) is 37.6. The zero-order valence-electron chi connectivity index (χ0n) is 31.2. The molecule has 0 N–H and O–H groups in total. The van der Waals surface area contributed by atoms with Gasteiger partial charge in [-0.1, -0.05) is 132 Å². The number of hydrogen-bond donors (Lipinski definition) is 0. The second-order valence-corrected chi connectivity index (χ2v) is 14.4. The van der Waals surface area contributed by atoms with E-state index in [0.717, 1.165) is 67.1 Å². The fourth-order valence-electron chi connectivity index (χ4n) is 8.20. The average Bonchev–Trinajstić information content (AvgIpc) is 3.96. The number of aromatic nitrogens is 6. The Morgan fingerprint density at radius 1 is 0.589 bits per heavy atom. The monoisotopic (exact) mass is 721 g/mol. The minimum Gasteiger partial charge on any atom is -0.294 e. The molecule has 56 heavy (non-hydrogen) atoms. The molecule has 0 bridgehead atoms. The lowest BCUT2D eigenvalue weighted by atomic mass is 9.36. The van der Waals surface area contributed by atoms with Gasteiger partial charge in [-0.05, 0) is 72.5 Å². The van der Waals surface area contributed by atoms with Gasteiger partial charge in [-0.2, -0.15) is 5.10 Å². The highest BCUT2D eigenvalue weighted by molar-refractivity contribution is 6.97. The van der Waals surface area contributed by atoms with Gasteiger partial charge in [0.15, 0.2) is 0 Å². The first-order valence-corrected chi connectivity index (χ1v) is 19.0. The summed E-state index contributed by atoms with van der Waals surface area (Å²) in [5.41, 5.74) is 13.2. The van der Waals surface area contributed by atoms with Gasteiger partial charge >= 0.3 is 0 Å². The van der Waals surface area contributed by atoms with Crippen molar-refractivity contribution in [1.82, 2.24) is 23.9 Å². The Morgan fingerprint density at radius 3 is 2.04 bits per heavy atom. The third kappa shape index (κ3) is 5.81. The summed E-state index contributed by atoms with van der Waals surface area (Å²) in [6.45, 7) is 1.94. The SMILES string of the molecule is Cc1ccc2c(c1)c1ccc(B(c3cccc(-n4cc[n+](C)c4)c3)c3c(-c4ccccc4)nn(-c4ccccc4)c3-c3ccccc3)cc1n2-c1ccccn1. The molecule has 0 aliphatic heterocycles. The molecular formula is C49H38BN6+. The van der Waals surface area contributed by atoms with Gasteiger partial charge in [0.05, 0.1) is 35.2 Å². The maximum atomic E-state index is 5.55. The molecule has 4 heterocycles. The van der Waals surface area contributed by atoms with Gasteiger partial charge in [0.2, 0.25) is 13.0 Å². The number of rotatable bonds is 8. The second-order valence-electron chi connectivity index (χ2n) is 14.4. The molecular weight excluding hydrogens is 683 g/mol. The molecule has 0 aliphatic carbocycles. The molecule has 0 radical (unpaired) electrons. The predicted molar refractivity (Wildman–Crippen MR) is 229 cm³/mol. The van der Waals surface area contributed by atoms with Crippen LogP contribution in [0.15, 0.2) is 195 Å². The third-order valence-corrected chi connectivity index (χ3v) is 10.7. The maximum Gasteiger partial charge on any atom is 0.248 e. The van der Waals surface area contributed by atoms with Gasteiger partial charge in [0.1, 0.15) is 23.9 Å². The van der Waals surface area contributed by atoms with E-state index in [1.54, 1.807) is 0 Å². The number of hydrogen-bond acceptors (Lipinski definition) is 2. The van der Waals surface area contributed by atoms with Crippen LogP contribution in [0.1, 0.15) is 5.56 Å². The third-order valence-electron chi connectivity index (χ3n) is 10.7. The summed E-state index contributed by atoms with van der Waals surface area (Å²) in [4.78, 5) is 4.87. The van der Waals surface area contributed by atoms with Gasteiger partial charge in [-0.25, -0.2) is 18.8 Å². The Hall–Kier alpha value is -7.25. The normalized spacial score (nSPS) is 11.4. The highest BCUT2D eigenvalue weighted by Crippen LogP contribution is 2.33. The number of aryl methyl sites for hydroxylation is 2.